The van der Waals surface area contributed by atoms with Crippen molar-refractivity contribution in [1.82, 2.24) is 4.37 Å². The van der Waals surface area contributed by atoms with E-state index in [9.17, 15) is 8.42 Å². The van der Waals surface area contributed by atoms with Crippen LogP contribution in [0.25, 0.3) is 0 Å². The highest BCUT2D eigenvalue weighted by Crippen LogP contribution is 2.32. The summed E-state index contributed by atoms with van der Waals surface area (Å²) in [5.74, 6) is 0.0697. The summed E-state index contributed by atoms with van der Waals surface area (Å²) in [7, 11) is -3.37. The second kappa shape index (κ2) is 6.44. The van der Waals surface area contributed by atoms with E-state index in [4.69, 9.17) is 5.73 Å². The van der Waals surface area contributed by atoms with Crippen molar-refractivity contribution in [2.24, 2.45) is 0 Å². The predicted molar refractivity (Wildman–Crippen MR) is 87.5 cm³/mol. The Morgan fingerprint density at radius 3 is 2.62 bits per heavy atom. The van der Waals surface area contributed by atoms with E-state index in [0.717, 1.165) is 30.6 Å². The molecule has 0 fully saturated rings. The molecule has 1 heterocycles. The molecule has 1 aromatic carbocycles. The maximum atomic E-state index is 11.7. The number of hydrogen-bond donors (Lipinski definition) is 2. The van der Waals surface area contributed by atoms with Crippen molar-refractivity contribution in [2.45, 2.75) is 30.7 Å². The Morgan fingerprint density at radius 1 is 1.33 bits per heavy atom. The largest absolute Gasteiger partial charge is 0.382 e. The van der Waals surface area contributed by atoms with E-state index in [1.807, 2.05) is 25.1 Å². The molecule has 0 radical (unpaired) electrons. The molecule has 114 valence electrons. The molecule has 0 amide bonds. The molecule has 0 spiro atoms. The van der Waals surface area contributed by atoms with Crippen LogP contribution in [0.15, 0.2) is 35.2 Å². The molecule has 2 rings (SSSR count). The van der Waals surface area contributed by atoms with Crippen LogP contribution in [-0.2, 0) is 16.3 Å². The lowest BCUT2D eigenvalue weighted by molar-refractivity contribution is 0.602. The minimum atomic E-state index is -3.37. The first-order chi connectivity index (χ1) is 9.88. The smallest absolute Gasteiger partial charge is 0.182 e. The van der Waals surface area contributed by atoms with E-state index in [0.29, 0.717) is 5.00 Å². The zero-order valence-electron chi connectivity index (χ0n) is 12.0. The van der Waals surface area contributed by atoms with Gasteiger partial charge in [0.15, 0.2) is 15.7 Å². The molecule has 21 heavy (non-hydrogen) atoms. The number of nitrogen functional groups attached to an aromatic ring is 1. The number of aromatic nitrogens is 1. The van der Waals surface area contributed by atoms with Gasteiger partial charge in [0.25, 0.3) is 0 Å². The first kappa shape index (κ1) is 15.8. The fourth-order valence-corrected chi connectivity index (χ4v) is 4.24. The topological polar surface area (TPSA) is 85.1 Å². The third-order valence-electron chi connectivity index (χ3n) is 3.13. The number of nitrogens with zero attached hydrogens (tertiary/aromatic N) is 1. The number of nitrogens with two attached hydrogens (primary N) is 1. The highest BCUT2D eigenvalue weighted by molar-refractivity contribution is 7.91. The Kier molecular flexibility index (Phi) is 4.84. The molecule has 0 saturated heterocycles. The minimum absolute atomic E-state index is 0.0697. The molecule has 1 aromatic heterocycles. The van der Waals surface area contributed by atoms with Crippen LogP contribution in [0.3, 0.4) is 0 Å². The second-order valence-corrected chi connectivity index (χ2v) is 7.79. The molecular weight excluding hydrogens is 306 g/mol. The van der Waals surface area contributed by atoms with Gasteiger partial charge in [-0.25, -0.2) is 8.42 Å². The Hall–Kier alpha value is -1.60. The molecule has 1 atom stereocenters. The van der Waals surface area contributed by atoms with Gasteiger partial charge in [0.1, 0.15) is 9.90 Å². The first-order valence-electron chi connectivity index (χ1n) is 6.63. The van der Waals surface area contributed by atoms with Crippen LogP contribution < -0.4 is 11.1 Å². The van der Waals surface area contributed by atoms with Gasteiger partial charge in [-0.05, 0) is 36.9 Å². The lowest BCUT2D eigenvalue weighted by atomic mass is 10.1. The fraction of sp³-hybridized carbons (Fsp3) is 0.357. The van der Waals surface area contributed by atoms with Crippen LogP contribution in [0, 0.1) is 0 Å². The molecule has 0 aliphatic rings. The zero-order valence-corrected chi connectivity index (χ0v) is 13.7. The summed E-state index contributed by atoms with van der Waals surface area (Å²) in [6, 6.07) is 10.3. The summed E-state index contributed by atoms with van der Waals surface area (Å²) >= 11 is 1.09. The van der Waals surface area contributed by atoms with Crippen molar-refractivity contribution in [3.63, 3.8) is 0 Å². The van der Waals surface area contributed by atoms with E-state index < -0.39 is 9.84 Å². The van der Waals surface area contributed by atoms with Crippen LogP contribution in [0.2, 0.25) is 0 Å². The third kappa shape index (κ3) is 4.18. The lowest BCUT2D eigenvalue weighted by Crippen LogP contribution is -2.17. The van der Waals surface area contributed by atoms with E-state index in [1.54, 1.807) is 0 Å². The standard InChI is InChI=1S/C14H19N3O2S2/c1-10(8-9-11-6-4-3-5-7-11)16-14-12(21(2,18)19)13(15)17-20-14/h3-7,10,16H,8-9H2,1-2H3,(H2,15,17). The minimum Gasteiger partial charge on any atom is -0.382 e. The molecule has 0 aliphatic heterocycles. The third-order valence-corrected chi connectivity index (χ3v) is 5.21. The monoisotopic (exact) mass is 325 g/mol. The average Bonchev–Trinajstić information content (AvgIpc) is 2.78. The molecule has 5 nitrogen and oxygen atoms in total. The first-order valence-corrected chi connectivity index (χ1v) is 9.30. The number of aryl methyl sites for hydroxylation is 1. The Morgan fingerprint density at radius 2 is 2.00 bits per heavy atom. The maximum absolute atomic E-state index is 11.7. The molecular formula is C14H19N3O2S2. The highest BCUT2D eigenvalue weighted by Gasteiger charge is 2.22. The van der Waals surface area contributed by atoms with Crippen LogP contribution in [0.1, 0.15) is 18.9 Å². The van der Waals surface area contributed by atoms with E-state index in [2.05, 4.69) is 21.8 Å². The normalized spacial score (nSPS) is 13.0. The van der Waals surface area contributed by atoms with Gasteiger partial charge < -0.3 is 11.1 Å². The number of hydrogen-bond acceptors (Lipinski definition) is 6. The van der Waals surface area contributed by atoms with Crippen molar-refractivity contribution in [2.75, 3.05) is 17.3 Å². The molecule has 1 unspecified atom stereocenters. The van der Waals surface area contributed by atoms with Gasteiger partial charge in [0.05, 0.1) is 0 Å². The summed E-state index contributed by atoms with van der Waals surface area (Å²) in [5.41, 5.74) is 6.91. The molecule has 0 bridgehead atoms. The summed E-state index contributed by atoms with van der Waals surface area (Å²) in [6.45, 7) is 2.02. The Labute approximate surface area is 129 Å². The average molecular weight is 325 g/mol. The van der Waals surface area contributed by atoms with Gasteiger partial charge in [0, 0.05) is 12.3 Å². The van der Waals surface area contributed by atoms with Crippen LogP contribution in [-0.4, -0.2) is 25.1 Å². The van der Waals surface area contributed by atoms with Crippen molar-refractivity contribution in [1.29, 1.82) is 0 Å². The number of rotatable bonds is 6. The van der Waals surface area contributed by atoms with E-state index >= 15 is 0 Å². The fourth-order valence-electron chi connectivity index (χ4n) is 2.07. The predicted octanol–water partition coefficient (Wildman–Crippen LogP) is 2.56. The second-order valence-electron chi connectivity index (χ2n) is 5.07. The van der Waals surface area contributed by atoms with Crippen LogP contribution >= 0.6 is 11.5 Å². The van der Waals surface area contributed by atoms with Gasteiger partial charge in [-0.15, -0.1) is 0 Å². The summed E-state index contributed by atoms with van der Waals surface area (Å²) in [5, 5.41) is 3.73. The van der Waals surface area contributed by atoms with Crippen molar-refractivity contribution in [3.8, 4) is 0 Å². The lowest BCUT2D eigenvalue weighted by Gasteiger charge is -2.14. The molecule has 0 saturated carbocycles. The van der Waals surface area contributed by atoms with Gasteiger partial charge >= 0.3 is 0 Å². The Bertz CT molecular complexity index is 696. The Balaban J connectivity index is 2.02. The number of benzene rings is 1. The van der Waals surface area contributed by atoms with Crippen LogP contribution in [0.4, 0.5) is 10.8 Å². The quantitative estimate of drug-likeness (QED) is 0.852. The van der Waals surface area contributed by atoms with Crippen molar-refractivity contribution in [3.05, 3.63) is 35.9 Å². The number of nitrogens with one attached hydrogen (secondary N) is 1. The molecule has 3 N–H and O–H groups in total. The van der Waals surface area contributed by atoms with Gasteiger partial charge in [-0.3, -0.25) is 0 Å². The van der Waals surface area contributed by atoms with Crippen LogP contribution in [0.5, 0.6) is 0 Å². The molecule has 7 heteroatoms. The number of sulfone groups is 1. The summed E-state index contributed by atoms with van der Waals surface area (Å²) in [6.07, 6.45) is 2.97. The van der Waals surface area contributed by atoms with Crippen molar-refractivity contribution < 1.29 is 8.42 Å². The maximum Gasteiger partial charge on any atom is 0.182 e. The zero-order chi connectivity index (χ0) is 15.5. The van der Waals surface area contributed by atoms with Crippen molar-refractivity contribution >= 4 is 32.2 Å². The summed E-state index contributed by atoms with van der Waals surface area (Å²) in [4.78, 5) is 0.110. The van der Waals surface area contributed by atoms with Gasteiger partial charge in [-0.1, -0.05) is 30.3 Å². The van der Waals surface area contributed by atoms with Gasteiger partial charge in [-0.2, -0.15) is 4.37 Å². The van der Waals surface area contributed by atoms with Gasteiger partial charge in [0.2, 0.25) is 0 Å². The molecule has 0 aliphatic carbocycles. The van der Waals surface area contributed by atoms with E-state index in [-0.39, 0.29) is 16.8 Å². The SMILES string of the molecule is CC(CCc1ccccc1)Nc1snc(N)c1S(C)(=O)=O. The molecule has 2 aromatic rings. The highest BCUT2D eigenvalue weighted by atomic mass is 32.2. The van der Waals surface area contributed by atoms with E-state index in [1.165, 1.54) is 5.56 Å². The number of anilines is 2. The summed E-state index contributed by atoms with van der Waals surface area (Å²) < 4.78 is 27.4.